The summed E-state index contributed by atoms with van der Waals surface area (Å²) in [5.41, 5.74) is 1.99. The van der Waals surface area contributed by atoms with Crippen molar-refractivity contribution in [3.8, 4) is 0 Å². The van der Waals surface area contributed by atoms with Crippen LogP contribution in [0.15, 0.2) is 24.3 Å². The van der Waals surface area contributed by atoms with E-state index in [1.165, 1.54) is 0 Å². The predicted octanol–water partition coefficient (Wildman–Crippen LogP) is 2.73. The van der Waals surface area contributed by atoms with E-state index in [2.05, 4.69) is 17.6 Å². The molecule has 0 heterocycles. The van der Waals surface area contributed by atoms with Crippen LogP contribution in [0, 0.1) is 6.92 Å². The monoisotopic (exact) mass is 278 g/mol. The molecule has 20 heavy (non-hydrogen) atoms. The molecule has 0 aliphatic carbocycles. The molecule has 0 aliphatic heterocycles. The Labute approximate surface area is 121 Å². The lowest BCUT2D eigenvalue weighted by Crippen LogP contribution is -2.29. The third-order valence-corrected chi connectivity index (χ3v) is 2.87. The van der Waals surface area contributed by atoms with Gasteiger partial charge >= 0.3 is 0 Å². The topological polar surface area (TPSA) is 50.4 Å². The number of benzene rings is 1. The zero-order valence-electron chi connectivity index (χ0n) is 12.6. The van der Waals surface area contributed by atoms with Crippen molar-refractivity contribution in [3.63, 3.8) is 0 Å². The van der Waals surface area contributed by atoms with Crippen LogP contribution in [0.2, 0.25) is 0 Å². The molecule has 0 saturated carbocycles. The number of unbranched alkanes of at least 4 members (excludes halogenated alkanes) is 1. The average molecular weight is 278 g/mol. The first-order valence-electron chi connectivity index (χ1n) is 7.37. The zero-order valence-corrected chi connectivity index (χ0v) is 12.6. The van der Waals surface area contributed by atoms with E-state index in [1.54, 1.807) is 0 Å². The van der Waals surface area contributed by atoms with Crippen LogP contribution in [-0.4, -0.2) is 32.2 Å². The molecule has 0 unspecified atom stereocenters. The van der Waals surface area contributed by atoms with Crippen molar-refractivity contribution >= 4 is 11.6 Å². The Morgan fingerprint density at radius 3 is 2.80 bits per heavy atom. The molecule has 0 saturated heterocycles. The largest absolute Gasteiger partial charge is 0.381 e. The molecule has 0 atom stereocenters. The second-order valence-electron chi connectivity index (χ2n) is 4.91. The highest BCUT2D eigenvalue weighted by atomic mass is 16.5. The van der Waals surface area contributed by atoms with Gasteiger partial charge in [0.25, 0.3) is 0 Å². The van der Waals surface area contributed by atoms with Crippen LogP contribution in [-0.2, 0) is 9.53 Å². The van der Waals surface area contributed by atoms with Gasteiger partial charge in [-0.25, -0.2) is 0 Å². The number of hydrogen-bond acceptors (Lipinski definition) is 3. The fourth-order valence-electron chi connectivity index (χ4n) is 1.78. The molecule has 0 spiro atoms. The molecular formula is C16H26N2O2. The molecule has 4 nitrogen and oxygen atoms in total. The van der Waals surface area contributed by atoms with Gasteiger partial charge in [-0.15, -0.1) is 0 Å². The van der Waals surface area contributed by atoms with E-state index in [0.29, 0.717) is 6.54 Å². The maximum absolute atomic E-state index is 11.7. The van der Waals surface area contributed by atoms with E-state index >= 15 is 0 Å². The Balaban J connectivity index is 2.03. The van der Waals surface area contributed by atoms with E-state index in [1.807, 2.05) is 31.2 Å². The molecule has 0 bridgehead atoms. The third kappa shape index (κ3) is 7.92. The van der Waals surface area contributed by atoms with Gasteiger partial charge in [-0.1, -0.05) is 25.5 Å². The lowest BCUT2D eigenvalue weighted by Gasteiger charge is -2.07. The molecule has 1 aromatic carbocycles. The van der Waals surface area contributed by atoms with Gasteiger partial charge in [-0.3, -0.25) is 4.79 Å². The Hall–Kier alpha value is -1.39. The molecule has 0 radical (unpaired) electrons. The smallest absolute Gasteiger partial charge is 0.238 e. The number of hydrogen-bond donors (Lipinski definition) is 2. The number of aryl methyl sites for hydroxylation is 1. The molecule has 0 fully saturated rings. The van der Waals surface area contributed by atoms with Gasteiger partial charge < -0.3 is 15.4 Å². The number of carbonyl (C=O) groups is 1. The molecular weight excluding hydrogens is 252 g/mol. The maximum atomic E-state index is 11.7. The maximum Gasteiger partial charge on any atom is 0.238 e. The number of amides is 1. The van der Waals surface area contributed by atoms with Gasteiger partial charge in [-0.2, -0.15) is 0 Å². The third-order valence-electron chi connectivity index (χ3n) is 2.87. The summed E-state index contributed by atoms with van der Waals surface area (Å²) in [5.74, 6) is -0.0116. The Bertz CT molecular complexity index is 394. The molecule has 4 heteroatoms. The quantitative estimate of drug-likeness (QED) is 0.647. The van der Waals surface area contributed by atoms with Crippen LogP contribution in [0.1, 0.15) is 31.7 Å². The van der Waals surface area contributed by atoms with Gasteiger partial charge in [0.1, 0.15) is 0 Å². The van der Waals surface area contributed by atoms with Crippen LogP contribution in [0.3, 0.4) is 0 Å². The molecule has 0 aliphatic rings. The fourth-order valence-corrected chi connectivity index (χ4v) is 1.78. The van der Waals surface area contributed by atoms with E-state index in [4.69, 9.17) is 4.74 Å². The number of ether oxygens (including phenoxy) is 1. The van der Waals surface area contributed by atoms with Crippen molar-refractivity contribution in [3.05, 3.63) is 29.8 Å². The Morgan fingerprint density at radius 1 is 1.25 bits per heavy atom. The van der Waals surface area contributed by atoms with Gasteiger partial charge in [0.05, 0.1) is 6.54 Å². The second kappa shape index (κ2) is 10.4. The summed E-state index contributed by atoms with van der Waals surface area (Å²) >= 11 is 0. The second-order valence-corrected chi connectivity index (χ2v) is 4.91. The molecule has 1 aromatic rings. The average Bonchev–Trinajstić information content (AvgIpc) is 2.42. The highest BCUT2D eigenvalue weighted by Gasteiger charge is 2.01. The molecule has 112 valence electrons. The van der Waals surface area contributed by atoms with Crippen LogP contribution in [0.4, 0.5) is 5.69 Å². The first-order chi connectivity index (χ1) is 9.72. The van der Waals surface area contributed by atoms with E-state index in [-0.39, 0.29) is 5.91 Å². The normalized spacial score (nSPS) is 10.5. The van der Waals surface area contributed by atoms with Crippen LogP contribution in [0.5, 0.6) is 0 Å². The lowest BCUT2D eigenvalue weighted by molar-refractivity contribution is -0.115. The lowest BCUT2D eigenvalue weighted by atomic mass is 10.2. The standard InChI is InChI=1S/C16H26N2O2/c1-3-4-10-20-11-6-9-17-13-16(19)18-15-8-5-7-14(2)12-15/h5,7-8,12,17H,3-4,6,9-11,13H2,1-2H3,(H,18,19). The summed E-state index contributed by atoms with van der Waals surface area (Å²) in [7, 11) is 0. The summed E-state index contributed by atoms with van der Waals surface area (Å²) in [5, 5.41) is 5.99. The first kappa shape index (κ1) is 16.7. The number of anilines is 1. The minimum atomic E-state index is -0.0116. The van der Waals surface area contributed by atoms with E-state index in [0.717, 1.165) is 50.3 Å². The van der Waals surface area contributed by atoms with Crippen molar-refractivity contribution in [2.45, 2.75) is 33.1 Å². The summed E-state index contributed by atoms with van der Waals surface area (Å²) in [6.07, 6.45) is 3.21. The summed E-state index contributed by atoms with van der Waals surface area (Å²) in [4.78, 5) is 11.7. The zero-order chi connectivity index (χ0) is 14.6. The van der Waals surface area contributed by atoms with Gasteiger partial charge in [-0.05, 0) is 44.0 Å². The van der Waals surface area contributed by atoms with Crippen LogP contribution in [0.25, 0.3) is 0 Å². The van der Waals surface area contributed by atoms with Crippen molar-refractivity contribution in [2.75, 3.05) is 31.6 Å². The van der Waals surface area contributed by atoms with Crippen molar-refractivity contribution in [1.29, 1.82) is 0 Å². The Morgan fingerprint density at radius 2 is 2.05 bits per heavy atom. The van der Waals surface area contributed by atoms with Crippen LogP contribution < -0.4 is 10.6 Å². The molecule has 1 rings (SSSR count). The molecule has 0 aromatic heterocycles. The van der Waals surface area contributed by atoms with E-state index in [9.17, 15) is 4.79 Å². The number of nitrogens with one attached hydrogen (secondary N) is 2. The number of rotatable bonds is 10. The summed E-state index contributed by atoms with van der Waals surface area (Å²) in [6.45, 7) is 6.89. The van der Waals surface area contributed by atoms with E-state index < -0.39 is 0 Å². The van der Waals surface area contributed by atoms with Gasteiger partial charge in [0.2, 0.25) is 5.91 Å². The first-order valence-corrected chi connectivity index (χ1v) is 7.37. The minimum Gasteiger partial charge on any atom is -0.381 e. The van der Waals surface area contributed by atoms with Crippen molar-refractivity contribution in [1.82, 2.24) is 5.32 Å². The minimum absolute atomic E-state index is 0.0116. The molecule has 2 N–H and O–H groups in total. The van der Waals surface area contributed by atoms with Gasteiger partial charge in [0, 0.05) is 18.9 Å². The highest BCUT2D eigenvalue weighted by Crippen LogP contribution is 2.08. The fraction of sp³-hybridized carbons (Fsp3) is 0.562. The van der Waals surface area contributed by atoms with Gasteiger partial charge in [0.15, 0.2) is 0 Å². The summed E-state index contributed by atoms with van der Waals surface area (Å²) < 4.78 is 5.45. The molecule has 1 amide bonds. The summed E-state index contributed by atoms with van der Waals surface area (Å²) in [6, 6.07) is 7.80. The SMILES string of the molecule is CCCCOCCCNCC(=O)Nc1cccc(C)c1. The number of carbonyl (C=O) groups excluding carboxylic acids is 1. The Kier molecular flexibility index (Phi) is 8.67. The van der Waals surface area contributed by atoms with Crippen molar-refractivity contribution < 1.29 is 9.53 Å². The highest BCUT2D eigenvalue weighted by molar-refractivity contribution is 5.92. The predicted molar refractivity (Wildman–Crippen MR) is 83.0 cm³/mol. The van der Waals surface area contributed by atoms with Crippen molar-refractivity contribution in [2.24, 2.45) is 0 Å². The van der Waals surface area contributed by atoms with Crippen LogP contribution >= 0.6 is 0 Å².